The number of rotatable bonds is 6. The molecule has 17 heavy (non-hydrogen) atoms. The molecule has 0 bridgehead atoms. The van der Waals surface area contributed by atoms with Crippen molar-refractivity contribution in [3.8, 4) is 0 Å². The molecule has 0 spiro atoms. The van der Waals surface area contributed by atoms with E-state index in [9.17, 15) is 9.59 Å². The molecule has 1 aromatic heterocycles. The first kappa shape index (κ1) is 13.0. The summed E-state index contributed by atoms with van der Waals surface area (Å²) in [6, 6.07) is 3.24. The minimum Gasteiger partial charge on any atom is -0.370 e. The highest BCUT2D eigenvalue weighted by Crippen LogP contribution is 2.04. The van der Waals surface area contributed by atoms with Crippen LogP contribution < -0.4 is 16.4 Å². The molecule has 0 aromatic carbocycles. The van der Waals surface area contributed by atoms with Crippen molar-refractivity contribution in [3.63, 3.8) is 0 Å². The van der Waals surface area contributed by atoms with Crippen LogP contribution in [0.4, 0.5) is 5.82 Å². The van der Waals surface area contributed by atoms with Gasteiger partial charge in [0.15, 0.2) is 0 Å². The van der Waals surface area contributed by atoms with Crippen LogP contribution in [0, 0.1) is 0 Å². The number of nitrogens with one attached hydrogen (secondary N) is 2. The van der Waals surface area contributed by atoms with E-state index in [4.69, 9.17) is 5.73 Å². The van der Waals surface area contributed by atoms with Gasteiger partial charge >= 0.3 is 0 Å². The molecule has 2 amide bonds. The lowest BCUT2D eigenvalue weighted by Gasteiger charge is -2.05. The molecule has 0 radical (unpaired) electrons. The normalized spacial score (nSPS) is 9.71. The zero-order valence-corrected chi connectivity index (χ0v) is 9.69. The summed E-state index contributed by atoms with van der Waals surface area (Å²) in [5.74, 6) is 0.0967. The second kappa shape index (κ2) is 6.47. The van der Waals surface area contributed by atoms with Crippen molar-refractivity contribution in [1.82, 2.24) is 10.3 Å². The van der Waals surface area contributed by atoms with Crippen LogP contribution in [0.5, 0.6) is 0 Å². The van der Waals surface area contributed by atoms with Gasteiger partial charge in [-0.25, -0.2) is 4.98 Å². The number of hydrogen-bond donors (Lipinski definition) is 3. The maximum absolute atomic E-state index is 11.1. The predicted molar refractivity (Wildman–Crippen MR) is 64.5 cm³/mol. The molecule has 6 heteroatoms. The van der Waals surface area contributed by atoms with E-state index < -0.39 is 5.91 Å². The highest BCUT2D eigenvalue weighted by molar-refractivity contribution is 5.92. The molecule has 0 saturated heterocycles. The van der Waals surface area contributed by atoms with Gasteiger partial charge in [0, 0.05) is 25.7 Å². The highest BCUT2D eigenvalue weighted by atomic mass is 16.1. The van der Waals surface area contributed by atoms with Gasteiger partial charge in [-0.1, -0.05) is 0 Å². The van der Waals surface area contributed by atoms with Crippen LogP contribution in [0.3, 0.4) is 0 Å². The Labute approximate surface area is 99.6 Å². The Morgan fingerprint density at radius 1 is 1.41 bits per heavy atom. The number of carbonyl (C=O) groups is 2. The third-order valence-electron chi connectivity index (χ3n) is 2.08. The lowest BCUT2D eigenvalue weighted by atomic mass is 10.3. The summed E-state index contributed by atoms with van der Waals surface area (Å²) in [6.45, 7) is 2.99. The van der Waals surface area contributed by atoms with Crippen LogP contribution in [-0.2, 0) is 4.79 Å². The van der Waals surface area contributed by atoms with E-state index >= 15 is 0 Å². The summed E-state index contributed by atoms with van der Waals surface area (Å²) in [4.78, 5) is 25.9. The molecule has 4 N–H and O–H groups in total. The van der Waals surface area contributed by atoms with E-state index in [1.54, 1.807) is 12.1 Å². The molecule has 0 aliphatic heterocycles. The Morgan fingerprint density at radius 2 is 2.18 bits per heavy atom. The van der Waals surface area contributed by atoms with Crippen LogP contribution in [0.2, 0.25) is 0 Å². The number of aromatic nitrogens is 1. The van der Waals surface area contributed by atoms with Crippen molar-refractivity contribution in [3.05, 3.63) is 23.9 Å². The van der Waals surface area contributed by atoms with Crippen LogP contribution in [0.25, 0.3) is 0 Å². The minimum absolute atomic E-state index is 0.00578. The summed E-state index contributed by atoms with van der Waals surface area (Å²) in [6.07, 6.45) is 1.78. The quantitative estimate of drug-likeness (QED) is 0.653. The molecule has 0 atom stereocenters. The third kappa shape index (κ3) is 4.50. The standard InChI is InChI=1S/C11H16N4O2/c1-2-13-10(16)5-6-14-9-4-3-8(7-15-9)11(12)17/h3-4,7H,2,5-6H2,1H3,(H2,12,17)(H,13,16)(H,14,15). The van der Waals surface area contributed by atoms with Crippen LogP contribution >= 0.6 is 0 Å². The number of anilines is 1. The Balaban J connectivity index is 2.37. The third-order valence-corrected chi connectivity index (χ3v) is 2.08. The summed E-state index contributed by atoms with van der Waals surface area (Å²) in [5, 5.41) is 5.67. The molecular formula is C11H16N4O2. The van der Waals surface area contributed by atoms with Crippen LogP contribution in [-0.4, -0.2) is 29.9 Å². The van der Waals surface area contributed by atoms with E-state index in [1.807, 2.05) is 6.92 Å². The Bertz CT molecular complexity index is 389. The van der Waals surface area contributed by atoms with E-state index in [-0.39, 0.29) is 5.91 Å². The SMILES string of the molecule is CCNC(=O)CCNc1ccc(C(N)=O)cn1. The first-order valence-corrected chi connectivity index (χ1v) is 5.40. The predicted octanol–water partition coefficient (Wildman–Crippen LogP) is 0.119. The van der Waals surface area contributed by atoms with Gasteiger partial charge in [0.25, 0.3) is 0 Å². The van der Waals surface area contributed by atoms with Gasteiger partial charge in [-0.2, -0.15) is 0 Å². The van der Waals surface area contributed by atoms with E-state index in [0.29, 0.717) is 30.9 Å². The van der Waals surface area contributed by atoms with Crippen molar-refractivity contribution >= 4 is 17.6 Å². The lowest BCUT2D eigenvalue weighted by Crippen LogP contribution is -2.24. The molecule has 0 saturated carbocycles. The van der Waals surface area contributed by atoms with Gasteiger partial charge in [-0.15, -0.1) is 0 Å². The van der Waals surface area contributed by atoms with Gasteiger partial charge in [-0.3, -0.25) is 9.59 Å². The Hall–Kier alpha value is -2.11. The number of carbonyl (C=O) groups excluding carboxylic acids is 2. The molecule has 1 aromatic rings. The number of hydrogen-bond acceptors (Lipinski definition) is 4. The van der Waals surface area contributed by atoms with Gasteiger partial charge in [0.2, 0.25) is 11.8 Å². The molecule has 0 aliphatic carbocycles. The molecular weight excluding hydrogens is 220 g/mol. The maximum Gasteiger partial charge on any atom is 0.250 e. The molecule has 0 fully saturated rings. The average molecular weight is 236 g/mol. The van der Waals surface area contributed by atoms with Gasteiger partial charge in [0.05, 0.1) is 5.56 Å². The molecule has 0 unspecified atom stereocenters. The second-order valence-electron chi connectivity index (χ2n) is 3.43. The fraction of sp³-hybridized carbons (Fsp3) is 0.364. The van der Waals surface area contributed by atoms with Crippen molar-refractivity contribution in [2.75, 3.05) is 18.4 Å². The topological polar surface area (TPSA) is 97.1 Å². The highest BCUT2D eigenvalue weighted by Gasteiger charge is 2.02. The Kier molecular flexibility index (Phi) is 4.93. The van der Waals surface area contributed by atoms with E-state index in [1.165, 1.54) is 6.20 Å². The minimum atomic E-state index is -0.508. The van der Waals surface area contributed by atoms with Crippen molar-refractivity contribution < 1.29 is 9.59 Å². The lowest BCUT2D eigenvalue weighted by molar-refractivity contribution is -0.120. The summed E-state index contributed by atoms with van der Waals surface area (Å²) in [7, 11) is 0. The maximum atomic E-state index is 11.1. The smallest absolute Gasteiger partial charge is 0.250 e. The van der Waals surface area contributed by atoms with Gasteiger partial charge in [-0.05, 0) is 19.1 Å². The van der Waals surface area contributed by atoms with Gasteiger partial charge in [0.1, 0.15) is 5.82 Å². The average Bonchev–Trinajstić information content (AvgIpc) is 2.30. The molecule has 1 heterocycles. The zero-order valence-electron chi connectivity index (χ0n) is 9.69. The molecule has 1 rings (SSSR count). The number of primary amides is 1. The monoisotopic (exact) mass is 236 g/mol. The van der Waals surface area contributed by atoms with Crippen molar-refractivity contribution in [2.45, 2.75) is 13.3 Å². The summed E-state index contributed by atoms with van der Waals surface area (Å²) in [5.41, 5.74) is 5.45. The largest absolute Gasteiger partial charge is 0.370 e. The number of amides is 2. The second-order valence-corrected chi connectivity index (χ2v) is 3.43. The fourth-order valence-corrected chi connectivity index (χ4v) is 1.23. The van der Waals surface area contributed by atoms with Crippen molar-refractivity contribution in [2.24, 2.45) is 5.73 Å². The van der Waals surface area contributed by atoms with Gasteiger partial charge < -0.3 is 16.4 Å². The van der Waals surface area contributed by atoms with Crippen LogP contribution in [0.15, 0.2) is 18.3 Å². The first-order valence-electron chi connectivity index (χ1n) is 5.40. The number of nitrogens with two attached hydrogens (primary N) is 1. The fourth-order valence-electron chi connectivity index (χ4n) is 1.23. The van der Waals surface area contributed by atoms with E-state index in [0.717, 1.165) is 0 Å². The summed E-state index contributed by atoms with van der Waals surface area (Å²) >= 11 is 0. The van der Waals surface area contributed by atoms with Crippen LogP contribution in [0.1, 0.15) is 23.7 Å². The van der Waals surface area contributed by atoms with E-state index in [2.05, 4.69) is 15.6 Å². The molecule has 92 valence electrons. The number of nitrogens with zero attached hydrogens (tertiary/aromatic N) is 1. The number of pyridine rings is 1. The zero-order chi connectivity index (χ0) is 12.7. The summed E-state index contributed by atoms with van der Waals surface area (Å²) < 4.78 is 0. The molecule has 0 aliphatic rings. The molecule has 6 nitrogen and oxygen atoms in total. The first-order chi connectivity index (χ1) is 8.13. The Morgan fingerprint density at radius 3 is 2.71 bits per heavy atom. The van der Waals surface area contributed by atoms with Crippen molar-refractivity contribution in [1.29, 1.82) is 0 Å².